The molecule has 118 valence electrons. The Morgan fingerprint density at radius 3 is 2.78 bits per heavy atom. The maximum Gasteiger partial charge on any atom is 0.342 e. The molecule has 3 N–H and O–H groups in total. The molecule has 23 heavy (non-hydrogen) atoms. The second-order valence-electron chi connectivity index (χ2n) is 4.54. The molecule has 0 atom stereocenters. The molecule has 1 aromatic heterocycles. The van der Waals surface area contributed by atoms with E-state index in [1.807, 2.05) is 41.4 Å². The van der Waals surface area contributed by atoms with Gasteiger partial charge in [-0.3, -0.25) is 14.6 Å². The summed E-state index contributed by atoms with van der Waals surface area (Å²) in [5, 5.41) is 9.45. The number of allylic oxidation sites excluding steroid dienone is 1. The first-order valence-electron chi connectivity index (χ1n) is 6.86. The standard InChI is InChI=1S/C15H15N5O3/c21-13(9-8-12-14(22)17-15(23)20-18-12)19-16-10-4-7-11-5-2-1-3-6-11/h1-7,10H,8-9H2,(H,19,21)(H2,17,20,22,23)/b7-4-,16-10+. The van der Waals surface area contributed by atoms with Crippen molar-refractivity contribution in [3.8, 4) is 0 Å². The fourth-order valence-electron chi connectivity index (χ4n) is 1.70. The highest BCUT2D eigenvalue weighted by atomic mass is 16.2. The average Bonchev–Trinajstić information content (AvgIpc) is 2.54. The predicted octanol–water partition coefficient (Wildman–Crippen LogP) is 0.206. The first-order chi connectivity index (χ1) is 11.1. The number of carbonyl (C=O) groups excluding carboxylic acids is 1. The van der Waals surface area contributed by atoms with E-state index < -0.39 is 11.2 Å². The lowest BCUT2D eigenvalue weighted by Crippen LogP contribution is -2.28. The number of aromatic nitrogens is 3. The minimum atomic E-state index is -0.682. The number of rotatable bonds is 6. The van der Waals surface area contributed by atoms with Crippen molar-refractivity contribution in [1.29, 1.82) is 0 Å². The lowest BCUT2D eigenvalue weighted by atomic mass is 10.2. The van der Waals surface area contributed by atoms with Gasteiger partial charge >= 0.3 is 5.69 Å². The highest BCUT2D eigenvalue weighted by Crippen LogP contribution is 1.99. The van der Waals surface area contributed by atoms with Crippen molar-refractivity contribution >= 4 is 18.2 Å². The summed E-state index contributed by atoms with van der Waals surface area (Å²) >= 11 is 0. The van der Waals surface area contributed by atoms with Gasteiger partial charge < -0.3 is 0 Å². The van der Waals surface area contributed by atoms with Gasteiger partial charge in [0.15, 0.2) is 0 Å². The topological polar surface area (TPSA) is 120 Å². The lowest BCUT2D eigenvalue weighted by molar-refractivity contribution is -0.121. The van der Waals surface area contributed by atoms with Crippen molar-refractivity contribution in [2.75, 3.05) is 0 Å². The van der Waals surface area contributed by atoms with E-state index in [2.05, 4.69) is 20.7 Å². The van der Waals surface area contributed by atoms with Gasteiger partial charge in [-0.2, -0.15) is 10.2 Å². The summed E-state index contributed by atoms with van der Waals surface area (Å²) in [5.74, 6) is -0.359. The monoisotopic (exact) mass is 313 g/mol. The van der Waals surface area contributed by atoms with Crippen LogP contribution in [0.25, 0.3) is 6.08 Å². The molecule has 0 aliphatic heterocycles. The Kier molecular flexibility index (Phi) is 5.75. The number of H-pyrrole nitrogens is 2. The average molecular weight is 313 g/mol. The van der Waals surface area contributed by atoms with Gasteiger partial charge in [0, 0.05) is 19.1 Å². The van der Waals surface area contributed by atoms with Crippen LogP contribution in [0.1, 0.15) is 17.7 Å². The Morgan fingerprint density at radius 2 is 2.04 bits per heavy atom. The third-order valence-corrected chi connectivity index (χ3v) is 2.81. The Hall–Kier alpha value is -3.29. The van der Waals surface area contributed by atoms with E-state index in [9.17, 15) is 14.4 Å². The summed E-state index contributed by atoms with van der Waals surface area (Å²) in [7, 11) is 0. The molecule has 0 saturated heterocycles. The van der Waals surface area contributed by atoms with Crippen LogP contribution in [0.4, 0.5) is 0 Å². The van der Waals surface area contributed by atoms with Crippen LogP contribution in [0.15, 0.2) is 51.1 Å². The van der Waals surface area contributed by atoms with Crippen LogP contribution in [-0.2, 0) is 11.2 Å². The smallest absolute Gasteiger partial charge is 0.273 e. The fraction of sp³-hybridized carbons (Fsp3) is 0.133. The molecule has 0 spiro atoms. The molecule has 0 aliphatic carbocycles. The third-order valence-electron chi connectivity index (χ3n) is 2.81. The van der Waals surface area contributed by atoms with E-state index >= 15 is 0 Å². The second-order valence-corrected chi connectivity index (χ2v) is 4.54. The van der Waals surface area contributed by atoms with Crippen molar-refractivity contribution < 1.29 is 4.79 Å². The van der Waals surface area contributed by atoms with Gasteiger partial charge in [-0.15, -0.1) is 0 Å². The quantitative estimate of drug-likeness (QED) is 0.521. The molecule has 0 radical (unpaired) electrons. The summed E-state index contributed by atoms with van der Waals surface area (Å²) in [6, 6.07) is 9.65. The maximum absolute atomic E-state index is 11.6. The summed E-state index contributed by atoms with van der Waals surface area (Å²) < 4.78 is 0. The number of hydrazone groups is 1. The fourth-order valence-corrected chi connectivity index (χ4v) is 1.70. The molecule has 0 bridgehead atoms. The molecule has 8 heteroatoms. The number of hydrogen-bond donors (Lipinski definition) is 3. The van der Waals surface area contributed by atoms with Crippen LogP contribution in [0.2, 0.25) is 0 Å². The summed E-state index contributed by atoms with van der Waals surface area (Å²) in [6.45, 7) is 0. The Balaban J connectivity index is 1.77. The molecule has 2 rings (SSSR count). The number of nitrogens with zero attached hydrogens (tertiary/aromatic N) is 2. The molecule has 0 unspecified atom stereocenters. The normalized spacial score (nSPS) is 11.1. The third kappa shape index (κ3) is 5.54. The van der Waals surface area contributed by atoms with Crippen LogP contribution in [-0.4, -0.2) is 27.3 Å². The van der Waals surface area contributed by atoms with Gasteiger partial charge in [-0.05, 0) is 11.6 Å². The number of hydrogen-bond acceptors (Lipinski definition) is 5. The van der Waals surface area contributed by atoms with Gasteiger partial charge in [-0.25, -0.2) is 15.3 Å². The Labute approximate surface area is 131 Å². The second kappa shape index (κ2) is 8.23. The molecule has 0 saturated carbocycles. The van der Waals surface area contributed by atoms with E-state index in [-0.39, 0.29) is 24.4 Å². The van der Waals surface area contributed by atoms with Gasteiger partial charge in [0.25, 0.3) is 5.56 Å². The Bertz CT molecular complexity index is 821. The summed E-state index contributed by atoms with van der Waals surface area (Å²) in [5.41, 5.74) is 2.17. The predicted molar refractivity (Wildman–Crippen MR) is 85.9 cm³/mol. The molecule has 1 amide bonds. The lowest BCUT2D eigenvalue weighted by Gasteiger charge is -1.98. The molecule has 2 aromatic rings. The van der Waals surface area contributed by atoms with Crippen molar-refractivity contribution in [2.45, 2.75) is 12.8 Å². The van der Waals surface area contributed by atoms with Crippen molar-refractivity contribution in [3.05, 3.63) is 68.5 Å². The largest absolute Gasteiger partial charge is 0.342 e. The Morgan fingerprint density at radius 1 is 1.26 bits per heavy atom. The van der Waals surface area contributed by atoms with Crippen LogP contribution < -0.4 is 16.7 Å². The number of carbonyl (C=O) groups is 1. The van der Waals surface area contributed by atoms with Gasteiger partial charge in [-0.1, -0.05) is 36.4 Å². The molecule has 1 aromatic carbocycles. The zero-order chi connectivity index (χ0) is 16.5. The van der Waals surface area contributed by atoms with Crippen molar-refractivity contribution in [3.63, 3.8) is 0 Å². The number of aryl methyl sites for hydroxylation is 1. The minimum Gasteiger partial charge on any atom is -0.273 e. The number of benzene rings is 1. The van der Waals surface area contributed by atoms with Crippen LogP contribution >= 0.6 is 0 Å². The molecular weight excluding hydrogens is 298 g/mol. The van der Waals surface area contributed by atoms with E-state index in [1.165, 1.54) is 6.21 Å². The first-order valence-corrected chi connectivity index (χ1v) is 6.86. The minimum absolute atomic E-state index is 0.0296. The van der Waals surface area contributed by atoms with E-state index in [0.717, 1.165) is 5.56 Å². The van der Waals surface area contributed by atoms with Crippen LogP contribution in [0, 0.1) is 0 Å². The zero-order valence-electron chi connectivity index (χ0n) is 12.2. The molecule has 1 heterocycles. The SMILES string of the molecule is O=C(CCc1n[nH]c(=O)[nH]c1=O)N/N=C/C=C\c1ccccc1. The van der Waals surface area contributed by atoms with Crippen LogP contribution in [0.5, 0.6) is 0 Å². The summed E-state index contributed by atoms with van der Waals surface area (Å²) in [6.07, 6.45) is 5.13. The van der Waals surface area contributed by atoms with Crippen molar-refractivity contribution in [1.82, 2.24) is 20.6 Å². The van der Waals surface area contributed by atoms with Gasteiger partial charge in [0.1, 0.15) is 5.69 Å². The number of nitrogens with one attached hydrogen (secondary N) is 3. The van der Waals surface area contributed by atoms with E-state index in [1.54, 1.807) is 6.08 Å². The van der Waals surface area contributed by atoms with Gasteiger partial charge in [0.05, 0.1) is 0 Å². The molecule has 0 aliphatic rings. The first kappa shape index (κ1) is 16.1. The number of amides is 1. The van der Waals surface area contributed by atoms with Crippen LogP contribution in [0.3, 0.4) is 0 Å². The van der Waals surface area contributed by atoms with Gasteiger partial charge in [0.2, 0.25) is 5.91 Å². The molecular formula is C15H15N5O3. The summed E-state index contributed by atoms with van der Waals surface area (Å²) in [4.78, 5) is 35.8. The number of aromatic amines is 2. The maximum atomic E-state index is 11.6. The zero-order valence-corrected chi connectivity index (χ0v) is 12.2. The molecule has 8 nitrogen and oxygen atoms in total. The highest BCUT2D eigenvalue weighted by Gasteiger charge is 2.06. The van der Waals surface area contributed by atoms with E-state index in [4.69, 9.17) is 0 Å². The van der Waals surface area contributed by atoms with E-state index in [0.29, 0.717) is 0 Å². The highest BCUT2D eigenvalue weighted by molar-refractivity contribution is 5.81. The molecule has 0 fully saturated rings. The van der Waals surface area contributed by atoms with Crippen molar-refractivity contribution in [2.24, 2.45) is 5.10 Å².